The summed E-state index contributed by atoms with van der Waals surface area (Å²) < 4.78 is 13.0. The Kier molecular flexibility index (Phi) is 4.36. The largest absolute Gasteiger partial charge is 0.207 e. The van der Waals surface area contributed by atoms with Crippen molar-refractivity contribution in [1.29, 1.82) is 0 Å². The predicted molar refractivity (Wildman–Crippen MR) is 71.2 cm³/mol. The molecular weight excluding hydrogens is 211 g/mol. The van der Waals surface area contributed by atoms with Crippen molar-refractivity contribution in [3.63, 3.8) is 0 Å². The van der Waals surface area contributed by atoms with Gasteiger partial charge in [-0.1, -0.05) is 44.4 Å². The third-order valence-corrected chi connectivity index (χ3v) is 3.65. The van der Waals surface area contributed by atoms with E-state index < -0.39 is 0 Å². The molecule has 0 amide bonds. The van der Waals surface area contributed by atoms with E-state index >= 15 is 0 Å². The average molecular weight is 232 g/mol. The molecule has 2 rings (SSSR count). The van der Waals surface area contributed by atoms with Gasteiger partial charge < -0.3 is 0 Å². The van der Waals surface area contributed by atoms with E-state index in [4.69, 9.17) is 0 Å². The third kappa shape index (κ3) is 3.18. The summed E-state index contributed by atoms with van der Waals surface area (Å²) in [4.78, 5) is 0. The molecule has 0 nitrogen and oxygen atoms in total. The van der Waals surface area contributed by atoms with Crippen molar-refractivity contribution >= 4 is 5.57 Å². The van der Waals surface area contributed by atoms with Gasteiger partial charge >= 0.3 is 0 Å². The second-order valence-electron chi connectivity index (χ2n) is 4.91. The maximum absolute atomic E-state index is 13.0. The van der Waals surface area contributed by atoms with Crippen LogP contribution >= 0.6 is 0 Å². The zero-order chi connectivity index (χ0) is 12.1. The van der Waals surface area contributed by atoms with Gasteiger partial charge in [-0.25, -0.2) is 4.39 Å². The van der Waals surface area contributed by atoms with Crippen molar-refractivity contribution in [3.05, 3.63) is 41.7 Å². The van der Waals surface area contributed by atoms with Gasteiger partial charge in [0.25, 0.3) is 0 Å². The molecular formula is C16H21F. The van der Waals surface area contributed by atoms with Crippen LogP contribution in [-0.2, 0) is 0 Å². The summed E-state index contributed by atoms with van der Waals surface area (Å²) in [5.74, 6) is 0.544. The molecule has 1 aromatic carbocycles. The first kappa shape index (κ1) is 12.3. The average Bonchev–Trinajstić information content (AvgIpc) is 2.38. The van der Waals surface area contributed by atoms with Crippen molar-refractivity contribution in [2.45, 2.75) is 45.4 Å². The zero-order valence-electron chi connectivity index (χ0n) is 10.6. The number of allylic oxidation sites excluding steroid dienone is 2. The van der Waals surface area contributed by atoms with Crippen molar-refractivity contribution < 1.29 is 4.39 Å². The van der Waals surface area contributed by atoms with E-state index in [0.717, 1.165) is 6.42 Å². The summed E-state index contributed by atoms with van der Waals surface area (Å²) in [6, 6.07) is 6.99. The highest BCUT2D eigenvalue weighted by molar-refractivity contribution is 5.67. The van der Waals surface area contributed by atoms with Crippen LogP contribution in [0.15, 0.2) is 30.3 Å². The third-order valence-electron chi connectivity index (χ3n) is 3.65. The van der Waals surface area contributed by atoms with Gasteiger partial charge in [0.05, 0.1) is 0 Å². The monoisotopic (exact) mass is 232 g/mol. The summed E-state index contributed by atoms with van der Waals surface area (Å²) in [7, 11) is 0. The van der Waals surface area contributed by atoms with Gasteiger partial charge in [0, 0.05) is 0 Å². The first-order valence-electron chi connectivity index (χ1n) is 6.77. The Balaban J connectivity index is 2.22. The number of halogens is 1. The van der Waals surface area contributed by atoms with Gasteiger partial charge in [0.15, 0.2) is 0 Å². The molecule has 0 atom stereocenters. The molecule has 0 radical (unpaired) electrons. The van der Waals surface area contributed by atoms with Crippen LogP contribution in [0.1, 0.15) is 51.0 Å². The maximum Gasteiger partial charge on any atom is 0.123 e. The molecule has 92 valence electrons. The van der Waals surface area contributed by atoms with Gasteiger partial charge in [-0.3, -0.25) is 0 Å². The molecule has 1 aliphatic rings. The molecule has 0 unspecified atom stereocenters. The Labute approximate surface area is 104 Å². The van der Waals surface area contributed by atoms with Crippen LogP contribution in [0.2, 0.25) is 0 Å². The topological polar surface area (TPSA) is 0 Å². The van der Waals surface area contributed by atoms with E-state index in [-0.39, 0.29) is 5.82 Å². The normalized spacial score (nSPS) is 18.4. The Morgan fingerprint density at radius 2 is 1.82 bits per heavy atom. The van der Waals surface area contributed by atoms with E-state index in [2.05, 4.69) is 13.0 Å². The SMILES string of the molecule is CCC=C(c1ccc(F)cc1)C1CCCCC1. The molecule has 1 saturated carbocycles. The molecule has 1 heteroatoms. The highest BCUT2D eigenvalue weighted by Crippen LogP contribution is 2.35. The molecule has 0 saturated heterocycles. The Morgan fingerprint density at radius 1 is 1.18 bits per heavy atom. The second kappa shape index (κ2) is 6.00. The minimum atomic E-state index is -0.145. The lowest BCUT2D eigenvalue weighted by molar-refractivity contribution is 0.429. The molecule has 1 aromatic rings. The van der Waals surface area contributed by atoms with E-state index in [1.165, 1.54) is 43.2 Å². The Morgan fingerprint density at radius 3 is 2.41 bits per heavy atom. The minimum absolute atomic E-state index is 0.145. The van der Waals surface area contributed by atoms with Crippen molar-refractivity contribution in [2.75, 3.05) is 0 Å². The van der Waals surface area contributed by atoms with Crippen molar-refractivity contribution in [3.8, 4) is 0 Å². The standard InChI is InChI=1S/C16H21F/c1-2-6-16(13-7-4-3-5-8-13)14-9-11-15(17)12-10-14/h6,9-13H,2-5,7-8H2,1H3. The molecule has 0 N–H and O–H groups in total. The summed E-state index contributed by atoms with van der Waals surface area (Å²) in [5.41, 5.74) is 2.65. The fraction of sp³-hybridized carbons (Fsp3) is 0.500. The fourth-order valence-corrected chi connectivity index (χ4v) is 2.80. The number of hydrogen-bond donors (Lipinski definition) is 0. The molecule has 1 aliphatic carbocycles. The first-order valence-corrected chi connectivity index (χ1v) is 6.77. The molecule has 0 bridgehead atoms. The smallest absolute Gasteiger partial charge is 0.123 e. The van der Waals surface area contributed by atoms with Gasteiger partial charge in [-0.2, -0.15) is 0 Å². The summed E-state index contributed by atoms with van der Waals surface area (Å²) >= 11 is 0. The highest BCUT2D eigenvalue weighted by atomic mass is 19.1. The quantitative estimate of drug-likeness (QED) is 0.672. The molecule has 17 heavy (non-hydrogen) atoms. The van der Waals surface area contributed by atoms with Gasteiger partial charge in [0.1, 0.15) is 5.82 Å². The van der Waals surface area contributed by atoms with Gasteiger partial charge in [0.2, 0.25) is 0 Å². The van der Waals surface area contributed by atoms with Crippen molar-refractivity contribution in [2.24, 2.45) is 5.92 Å². The van der Waals surface area contributed by atoms with Gasteiger partial charge in [-0.05, 0) is 48.4 Å². The minimum Gasteiger partial charge on any atom is -0.207 e. The summed E-state index contributed by atoms with van der Waals surface area (Å²) in [6.07, 6.45) is 10.0. The Bertz CT molecular complexity index is 369. The highest BCUT2D eigenvalue weighted by Gasteiger charge is 2.18. The maximum atomic E-state index is 13.0. The lowest BCUT2D eigenvalue weighted by atomic mass is 9.80. The molecule has 0 aromatic heterocycles. The molecule has 0 heterocycles. The number of rotatable bonds is 3. The molecule has 0 aliphatic heterocycles. The van der Waals surface area contributed by atoms with E-state index in [1.54, 1.807) is 12.1 Å². The van der Waals surface area contributed by atoms with Crippen LogP contribution in [0.25, 0.3) is 5.57 Å². The van der Waals surface area contributed by atoms with Crippen LogP contribution < -0.4 is 0 Å². The first-order chi connectivity index (χ1) is 8.31. The van der Waals surface area contributed by atoms with Crippen molar-refractivity contribution in [1.82, 2.24) is 0 Å². The second-order valence-corrected chi connectivity index (χ2v) is 4.91. The summed E-state index contributed by atoms with van der Waals surface area (Å²) in [5, 5.41) is 0. The van der Waals surface area contributed by atoms with Crippen LogP contribution in [0.3, 0.4) is 0 Å². The van der Waals surface area contributed by atoms with Crippen LogP contribution in [0.5, 0.6) is 0 Å². The fourth-order valence-electron chi connectivity index (χ4n) is 2.80. The number of benzene rings is 1. The van der Waals surface area contributed by atoms with Gasteiger partial charge in [-0.15, -0.1) is 0 Å². The van der Waals surface area contributed by atoms with E-state index in [1.807, 2.05) is 12.1 Å². The lowest BCUT2D eigenvalue weighted by Crippen LogP contribution is -2.08. The van der Waals surface area contributed by atoms with E-state index in [0.29, 0.717) is 5.92 Å². The Hall–Kier alpha value is -1.11. The van der Waals surface area contributed by atoms with Crippen LogP contribution in [0.4, 0.5) is 4.39 Å². The van der Waals surface area contributed by atoms with Crippen LogP contribution in [-0.4, -0.2) is 0 Å². The summed E-state index contributed by atoms with van der Waals surface area (Å²) in [6.45, 7) is 2.17. The number of hydrogen-bond acceptors (Lipinski definition) is 0. The zero-order valence-corrected chi connectivity index (χ0v) is 10.6. The molecule has 1 fully saturated rings. The predicted octanol–water partition coefficient (Wildman–Crippen LogP) is 5.20. The molecule has 0 spiro atoms. The van der Waals surface area contributed by atoms with E-state index in [9.17, 15) is 4.39 Å². The van der Waals surface area contributed by atoms with Crippen LogP contribution in [0, 0.1) is 11.7 Å². The lowest BCUT2D eigenvalue weighted by Gasteiger charge is -2.25.